The highest BCUT2D eigenvalue weighted by Crippen LogP contribution is 2.32. The molecule has 0 spiro atoms. The van der Waals surface area contributed by atoms with Gasteiger partial charge in [0.15, 0.2) is 0 Å². The molecule has 0 atom stereocenters. The van der Waals surface area contributed by atoms with Crippen molar-refractivity contribution in [1.29, 1.82) is 0 Å². The second kappa shape index (κ2) is 11.5. The highest BCUT2D eigenvalue weighted by atomic mass is 35.5. The van der Waals surface area contributed by atoms with Gasteiger partial charge in [-0.25, -0.2) is 9.78 Å². The van der Waals surface area contributed by atoms with Gasteiger partial charge in [-0.15, -0.1) is 11.3 Å². The molecule has 1 aliphatic rings. The van der Waals surface area contributed by atoms with E-state index in [0.29, 0.717) is 30.4 Å². The monoisotopic (exact) mass is 497 g/mol. The molecule has 2 heterocycles. The summed E-state index contributed by atoms with van der Waals surface area (Å²) in [6.07, 6.45) is 3.29. The maximum absolute atomic E-state index is 13.0. The Bertz CT molecular complexity index is 1120. The van der Waals surface area contributed by atoms with E-state index in [1.807, 2.05) is 48.5 Å². The van der Waals surface area contributed by atoms with Crippen molar-refractivity contribution in [2.75, 3.05) is 25.0 Å². The Morgan fingerprint density at radius 3 is 2.62 bits per heavy atom. The fourth-order valence-corrected chi connectivity index (χ4v) is 5.04. The third-order valence-corrected chi connectivity index (χ3v) is 7.17. The van der Waals surface area contributed by atoms with Crippen molar-refractivity contribution in [2.45, 2.75) is 38.5 Å². The summed E-state index contributed by atoms with van der Waals surface area (Å²) in [4.78, 5) is 31.5. The van der Waals surface area contributed by atoms with E-state index in [4.69, 9.17) is 16.3 Å². The molecule has 1 fully saturated rings. The van der Waals surface area contributed by atoms with Crippen LogP contribution in [0.1, 0.15) is 54.0 Å². The van der Waals surface area contributed by atoms with Gasteiger partial charge in [0, 0.05) is 40.7 Å². The van der Waals surface area contributed by atoms with Crippen molar-refractivity contribution >= 4 is 40.6 Å². The summed E-state index contributed by atoms with van der Waals surface area (Å²) in [6, 6.07) is 15.2. The fourth-order valence-electron chi connectivity index (χ4n) is 3.94. The lowest BCUT2D eigenvalue weighted by atomic mass is 9.98. The number of thiazole rings is 1. The molecule has 0 radical (unpaired) electrons. The maximum atomic E-state index is 13.0. The fraction of sp³-hybridized carbons (Fsp3) is 0.346. The Hall–Kier alpha value is -2.90. The van der Waals surface area contributed by atoms with E-state index in [1.165, 1.54) is 11.3 Å². The van der Waals surface area contributed by atoms with Gasteiger partial charge in [-0.05, 0) is 43.0 Å². The van der Waals surface area contributed by atoms with Crippen molar-refractivity contribution in [3.63, 3.8) is 0 Å². The molecule has 1 aromatic heterocycles. The molecule has 0 unspecified atom stereocenters. The Balaban J connectivity index is 1.37. The third kappa shape index (κ3) is 5.96. The molecule has 2 aromatic carbocycles. The van der Waals surface area contributed by atoms with Crippen LogP contribution in [0.3, 0.4) is 0 Å². The summed E-state index contributed by atoms with van der Waals surface area (Å²) in [5, 5.41) is 6.42. The highest BCUT2D eigenvalue weighted by molar-refractivity contribution is 7.10. The molecule has 34 heavy (non-hydrogen) atoms. The molecule has 8 heteroatoms. The lowest BCUT2D eigenvalue weighted by Gasteiger charge is -2.30. The van der Waals surface area contributed by atoms with Crippen LogP contribution in [0.5, 0.6) is 0 Å². The first-order valence-electron chi connectivity index (χ1n) is 11.6. The molecule has 2 amide bonds. The Labute approximate surface area is 208 Å². The number of rotatable bonds is 7. The summed E-state index contributed by atoms with van der Waals surface area (Å²) in [5.74, 6) is 0.00782. The van der Waals surface area contributed by atoms with Crippen molar-refractivity contribution in [1.82, 2.24) is 9.88 Å². The number of unbranched alkanes of at least 4 members (excludes halogenated alkanes) is 1. The first-order chi connectivity index (χ1) is 16.5. The van der Waals surface area contributed by atoms with Crippen LogP contribution in [0, 0.1) is 0 Å². The number of piperidine rings is 1. The van der Waals surface area contributed by atoms with E-state index >= 15 is 0 Å². The topological polar surface area (TPSA) is 71.5 Å². The number of likely N-dealkylation sites (tertiary alicyclic amines) is 1. The van der Waals surface area contributed by atoms with Gasteiger partial charge >= 0.3 is 6.09 Å². The number of hydrogen-bond acceptors (Lipinski definition) is 5. The van der Waals surface area contributed by atoms with Crippen LogP contribution in [0.2, 0.25) is 5.02 Å². The molecule has 178 valence electrons. The molecule has 3 aromatic rings. The molecule has 0 bridgehead atoms. The molecular formula is C26H28ClN3O3S. The minimum atomic E-state index is -0.235. The van der Waals surface area contributed by atoms with E-state index in [-0.39, 0.29) is 17.9 Å². The van der Waals surface area contributed by atoms with Crippen LogP contribution in [0.4, 0.5) is 10.5 Å². The molecule has 1 saturated heterocycles. The number of benzene rings is 2. The van der Waals surface area contributed by atoms with Gasteiger partial charge in [-0.3, -0.25) is 4.79 Å². The van der Waals surface area contributed by atoms with Crippen LogP contribution in [0.25, 0.3) is 11.1 Å². The van der Waals surface area contributed by atoms with Crippen LogP contribution >= 0.6 is 22.9 Å². The van der Waals surface area contributed by atoms with E-state index in [0.717, 1.165) is 47.5 Å². The average molecular weight is 498 g/mol. The molecule has 0 aliphatic carbocycles. The van der Waals surface area contributed by atoms with E-state index in [2.05, 4.69) is 17.2 Å². The van der Waals surface area contributed by atoms with Crippen molar-refractivity contribution in [2.24, 2.45) is 0 Å². The number of carbonyl (C=O) groups is 2. The summed E-state index contributed by atoms with van der Waals surface area (Å²) in [6.45, 7) is 3.83. The molecule has 1 aliphatic heterocycles. The lowest BCUT2D eigenvalue weighted by molar-refractivity contribution is 0.0916. The molecular weight excluding hydrogens is 470 g/mol. The molecule has 4 rings (SSSR count). The number of carbonyl (C=O) groups excluding carboxylic acids is 2. The number of amides is 2. The standard InChI is InChI=1S/C26H28ClN3O3S/c1-2-3-16-33-26(32)30-14-12-19(13-15-30)25-29-23(17-34-25)24(31)28-22-7-5-4-6-21(22)18-8-10-20(27)11-9-18/h4-11,17,19H,2-3,12-16H2,1H3,(H,28,31). The molecule has 0 saturated carbocycles. The maximum Gasteiger partial charge on any atom is 0.409 e. The number of anilines is 1. The van der Waals surface area contributed by atoms with E-state index < -0.39 is 0 Å². The quantitative estimate of drug-likeness (QED) is 0.363. The Morgan fingerprint density at radius 1 is 1.15 bits per heavy atom. The zero-order chi connectivity index (χ0) is 23.9. The number of nitrogens with zero attached hydrogens (tertiary/aromatic N) is 2. The second-order valence-electron chi connectivity index (χ2n) is 8.31. The van der Waals surface area contributed by atoms with Gasteiger partial charge in [-0.2, -0.15) is 0 Å². The Morgan fingerprint density at radius 2 is 1.88 bits per heavy atom. The minimum absolute atomic E-state index is 0.231. The first-order valence-corrected chi connectivity index (χ1v) is 12.8. The summed E-state index contributed by atoms with van der Waals surface area (Å²) in [5.41, 5.74) is 3.02. The van der Waals surface area contributed by atoms with Crippen molar-refractivity contribution in [3.8, 4) is 11.1 Å². The van der Waals surface area contributed by atoms with E-state index in [9.17, 15) is 9.59 Å². The molecule has 1 N–H and O–H groups in total. The van der Waals surface area contributed by atoms with Gasteiger partial charge in [-0.1, -0.05) is 55.3 Å². The normalized spacial score (nSPS) is 14.1. The van der Waals surface area contributed by atoms with Crippen LogP contribution in [-0.4, -0.2) is 41.6 Å². The Kier molecular flexibility index (Phi) is 8.19. The third-order valence-electron chi connectivity index (χ3n) is 5.91. The zero-order valence-electron chi connectivity index (χ0n) is 19.1. The predicted octanol–water partition coefficient (Wildman–Crippen LogP) is 6.83. The van der Waals surface area contributed by atoms with Gasteiger partial charge in [0.25, 0.3) is 5.91 Å². The predicted molar refractivity (Wildman–Crippen MR) is 137 cm³/mol. The summed E-state index contributed by atoms with van der Waals surface area (Å²) < 4.78 is 5.32. The number of ether oxygens (including phenoxy) is 1. The van der Waals surface area contributed by atoms with Gasteiger partial charge in [0.2, 0.25) is 0 Å². The number of aromatic nitrogens is 1. The van der Waals surface area contributed by atoms with Crippen LogP contribution in [0.15, 0.2) is 53.9 Å². The summed E-state index contributed by atoms with van der Waals surface area (Å²) in [7, 11) is 0. The smallest absolute Gasteiger partial charge is 0.409 e. The number of hydrogen-bond donors (Lipinski definition) is 1. The van der Waals surface area contributed by atoms with Gasteiger partial charge in [0.05, 0.1) is 11.6 Å². The van der Waals surface area contributed by atoms with Gasteiger partial charge < -0.3 is 15.0 Å². The summed E-state index contributed by atoms with van der Waals surface area (Å²) >= 11 is 7.52. The van der Waals surface area contributed by atoms with Crippen molar-refractivity contribution < 1.29 is 14.3 Å². The largest absolute Gasteiger partial charge is 0.449 e. The van der Waals surface area contributed by atoms with Crippen LogP contribution in [-0.2, 0) is 4.74 Å². The SMILES string of the molecule is CCCCOC(=O)N1CCC(c2nc(C(=O)Nc3ccccc3-c3ccc(Cl)cc3)cs2)CC1. The number of nitrogens with one attached hydrogen (secondary N) is 1. The second-order valence-corrected chi connectivity index (χ2v) is 9.63. The average Bonchev–Trinajstić information content (AvgIpc) is 3.36. The number of para-hydroxylation sites is 1. The first kappa shape index (κ1) is 24.2. The van der Waals surface area contributed by atoms with E-state index in [1.54, 1.807) is 10.3 Å². The zero-order valence-corrected chi connectivity index (χ0v) is 20.7. The van der Waals surface area contributed by atoms with Crippen molar-refractivity contribution in [3.05, 3.63) is 69.6 Å². The minimum Gasteiger partial charge on any atom is -0.449 e. The van der Waals surface area contributed by atoms with Crippen LogP contribution < -0.4 is 5.32 Å². The lowest BCUT2D eigenvalue weighted by Crippen LogP contribution is -2.38. The highest BCUT2D eigenvalue weighted by Gasteiger charge is 2.27. The number of halogens is 1. The van der Waals surface area contributed by atoms with Gasteiger partial charge in [0.1, 0.15) is 5.69 Å². The molecule has 6 nitrogen and oxygen atoms in total.